The molecular weight excluding hydrogens is 266 g/mol. The van der Waals surface area contributed by atoms with Crippen molar-refractivity contribution in [1.82, 2.24) is 9.88 Å². The monoisotopic (exact) mass is 285 g/mol. The predicted molar refractivity (Wildman–Crippen MR) is 77.3 cm³/mol. The summed E-state index contributed by atoms with van der Waals surface area (Å²) in [5, 5.41) is 9.51. The molecule has 1 N–H and O–H groups in total. The molecule has 106 valence electrons. The molecule has 5 nitrogen and oxygen atoms in total. The maximum Gasteiger partial charge on any atom is 0.339 e. The van der Waals surface area contributed by atoms with E-state index >= 15 is 0 Å². The maximum atomic E-state index is 11.2. The van der Waals surface area contributed by atoms with Gasteiger partial charge in [-0.05, 0) is 46.1 Å². The van der Waals surface area contributed by atoms with Crippen LogP contribution in [0.1, 0.15) is 23.7 Å². The number of aromatic carboxylic acids is 1. The zero-order valence-corrected chi connectivity index (χ0v) is 12.3. The number of rotatable bonds is 7. The van der Waals surface area contributed by atoms with E-state index in [4.69, 9.17) is 11.6 Å². The molecule has 0 saturated carbocycles. The zero-order valence-electron chi connectivity index (χ0n) is 11.6. The zero-order chi connectivity index (χ0) is 14.4. The molecule has 1 aromatic heterocycles. The number of aromatic nitrogens is 1. The standard InChI is InChI=1S/C13H20ClN3O2/c1-4-17(9-5-8-16(2)3)12-10(13(18)19)6-7-11(14)15-12/h6-7H,4-5,8-9H2,1-3H3,(H,18,19). The quantitative estimate of drug-likeness (QED) is 0.779. The van der Waals surface area contributed by atoms with E-state index < -0.39 is 5.97 Å². The van der Waals surface area contributed by atoms with Gasteiger partial charge in [0.05, 0.1) is 0 Å². The van der Waals surface area contributed by atoms with Crippen molar-refractivity contribution in [2.45, 2.75) is 13.3 Å². The van der Waals surface area contributed by atoms with Crippen LogP contribution < -0.4 is 4.90 Å². The molecule has 0 radical (unpaired) electrons. The van der Waals surface area contributed by atoms with Crippen LogP contribution in [0, 0.1) is 0 Å². The van der Waals surface area contributed by atoms with Gasteiger partial charge in [-0.1, -0.05) is 11.6 Å². The lowest BCUT2D eigenvalue weighted by Gasteiger charge is -2.24. The molecule has 1 heterocycles. The van der Waals surface area contributed by atoms with Crippen LogP contribution in [0.4, 0.5) is 5.82 Å². The number of pyridine rings is 1. The Kier molecular flexibility index (Phi) is 6.05. The third kappa shape index (κ3) is 4.69. The second-order valence-corrected chi connectivity index (χ2v) is 4.93. The first-order chi connectivity index (χ1) is 8.95. The Bertz CT molecular complexity index is 438. The average molecular weight is 286 g/mol. The number of hydrogen-bond acceptors (Lipinski definition) is 4. The topological polar surface area (TPSA) is 56.7 Å². The summed E-state index contributed by atoms with van der Waals surface area (Å²) in [6, 6.07) is 3.00. The van der Waals surface area contributed by atoms with Crippen molar-refractivity contribution >= 4 is 23.4 Å². The Morgan fingerprint density at radius 1 is 1.37 bits per heavy atom. The molecule has 1 aromatic rings. The van der Waals surface area contributed by atoms with Gasteiger partial charge in [-0.25, -0.2) is 9.78 Å². The van der Waals surface area contributed by atoms with Gasteiger partial charge in [-0.3, -0.25) is 0 Å². The summed E-state index contributed by atoms with van der Waals surface area (Å²) in [6.07, 6.45) is 0.939. The van der Waals surface area contributed by atoms with E-state index in [2.05, 4.69) is 9.88 Å². The van der Waals surface area contributed by atoms with E-state index in [1.165, 1.54) is 12.1 Å². The molecular formula is C13H20ClN3O2. The first-order valence-electron chi connectivity index (χ1n) is 6.25. The highest BCUT2D eigenvalue weighted by Crippen LogP contribution is 2.21. The molecule has 0 aromatic carbocycles. The Balaban J connectivity index is 2.90. The van der Waals surface area contributed by atoms with E-state index in [0.717, 1.165) is 19.5 Å². The molecule has 0 saturated heterocycles. The van der Waals surface area contributed by atoms with Crippen molar-refractivity contribution in [2.24, 2.45) is 0 Å². The summed E-state index contributed by atoms with van der Waals surface area (Å²) in [6.45, 7) is 4.37. The second-order valence-electron chi connectivity index (χ2n) is 4.55. The minimum absolute atomic E-state index is 0.191. The van der Waals surface area contributed by atoms with Crippen molar-refractivity contribution in [3.8, 4) is 0 Å². The first kappa shape index (κ1) is 15.7. The number of anilines is 1. The fraction of sp³-hybridized carbons (Fsp3) is 0.538. The van der Waals surface area contributed by atoms with Crippen LogP contribution in [0.5, 0.6) is 0 Å². The minimum Gasteiger partial charge on any atom is -0.478 e. The van der Waals surface area contributed by atoms with Crippen molar-refractivity contribution in [2.75, 3.05) is 38.6 Å². The number of nitrogens with zero attached hydrogens (tertiary/aromatic N) is 3. The van der Waals surface area contributed by atoms with Crippen molar-refractivity contribution in [3.05, 3.63) is 22.8 Å². The molecule has 0 aliphatic rings. The molecule has 0 atom stereocenters. The van der Waals surface area contributed by atoms with Gasteiger partial charge < -0.3 is 14.9 Å². The van der Waals surface area contributed by atoms with Crippen LogP contribution in [0.2, 0.25) is 5.15 Å². The molecule has 0 spiro atoms. The van der Waals surface area contributed by atoms with E-state index in [9.17, 15) is 9.90 Å². The Morgan fingerprint density at radius 2 is 2.05 bits per heavy atom. The van der Waals surface area contributed by atoms with Gasteiger partial charge in [-0.15, -0.1) is 0 Å². The lowest BCUT2D eigenvalue weighted by molar-refractivity contribution is 0.0697. The van der Waals surface area contributed by atoms with Gasteiger partial charge in [0.25, 0.3) is 0 Å². The summed E-state index contributed by atoms with van der Waals surface area (Å²) >= 11 is 5.87. The van der Waals surface area contributed by atoms with Gasteiger partial charge in [-0.2, -0.15) is 0 Å². The van der Waals surface area contributed by atoms with Crippen LogP contribution in [0.15, 0.2) is 12.1 Å². The van der Waals surface area contributed by atoms with Crippen molar-refractivity contribution in [1.29, 1.82) is 0 Å². The molecule has 0 aliphatic heterocycles. The van der Waals surface area contributed by atoms with E-state index in [1.807, 2.05) is 25.9 Å². The number of carbonyl (C=O) groups is 1. The third-order valence-corrected chi connectivity index (χ3v) is 3.00. The molecule has 0 unspecified atom stereocenters. The van der Waals surface area contributed by atoms with Crippen molar-refractivity contribution < 1.29 is 9.90 Å². The Hall–Kier alpha value is -1.33. The summed E-state index contributed by atoms with van der Waals surface area (Å²) in [5.41, 5.74) is 0.191. The normalized spacial score (nSPS) is 10.8. The largest absolute Gasteiger partial charge is 0.478 e. The number of hydrogen-bond donors (Lipinski definition) is 1. The molecule has 6 heteroatoms. The molecule has 0 amide bonds. The highest BCUT2D eigenvalue weighted by Gasteiger charge is 2.17. The van der Waals surface area contributed by atoms with Crippen LogP contribution >= 0.6 is 11.6 Å². The van der Waals surface area contributed by atoms with Crippen molar-refractivity contribution in [3.63, 3.8) is 0 Å². The van der Waals surface area contributed by atoms with Gasteiger partial charge >= 0.3 is 5.97 Å². The lowest BCUT2D eigenvalue weighted by Crippen LogP contribution is -2.29. The summed E-state index contributed by atoms with van der Waals surface area (Å²) < 4.78 is 0. The fourth-order valence-corrected chi connectivity index (χ4v) is 1.97. The third-order valence-electron chi connectivity index (χ3n) is 2.79. The predicted octanol–water partition coefficient (Wildman–Crippen LogP) is 2.21. The Morgan fingerprint density at radius 3 is 2.58 bits per heavy atom. The van der Waals surface area contributed by atoms with Crippen LogP contribution in [-0.4, -0.2) is 54.7 Å². The van der Waals surface area contributed by atoms with E-state index in [1.54, 1.807) is 0 Å². The number of halogens is 1. The SMILES string of the molecule is CCN(CCCN(C)C)c1nc(Cl)ccc1C(=O)O. The molecule has 0 bridgehead atoms. The first-order valence-corrected chi connectivity index (χ1v) is 6.63. The number of carboxylic acid groups (broad SMARTS) is 1. The van der Waals surface area contributed by atoms with E-state index in [0.29, 0.717) is 17.5 Å². The summed E-state index contributed by atoms with van der Waals surface area (Å²) in [5.74, 6) is -0.536. The molecule has 1 rings (SSSR count). The van der Waals surface area contributed by atoms with Crippen LogP contribution in [0.25, 0.3) is 0 Å². The van der Waals surface area contributed by atoms with Gasteiger partial charge in [0.2, 0.25) is 0 Å². The van der Waals surface area contributed by atoms with Gasteiger partial charge in [0.1, 0.15) is 16.5 Å². The van der Waals surface area contributed by atoms with E-state index in [-0.39, 0.29) is 5.56 Å². The summed E-state index contributed by atoms with van der Waals surface area (Å²) in [7, 11) is 4.02. The summed E-state index contributed by atoms with van der Waals surface area (Å²) in [4.78, 5) is 19.4. The number of carboxylic acids is 1. The van der Waals surface area contributed by atoms with Gasteiger partial charge in [0, 0.05) is 13.1 Å². The maximum absolute atomic E-state index is 11.2. The second kappa shape index (κ2) is 7.31. The van der Waals surface area contributed by atoms with Gasteiger partial charge in [0.15, 0.2) is 0 Å². The lowest BCUT2D eigenvalue weighted by atomic mass is 10.2. The minimum atomic E-state index is -0.981. The Labute approximate surface area is 118 Å². The smallest absolute Gasteiger partial charge is 0.339 e. The highest BCUT2D eigenvalue weighted by atomic mass is 35.5. The highest BCUT2D eigenvalue weighted by molar-refractivity contribution is 6.29. The average Bonchev–Trinajstić information content (AvgIpc) is 2.33. The van der Waals surface area contributed by atoms with Crippen LogP contribution in [0.3, 0.4) is 0 Å². The molecule has 19 heavy (non-hydrogen) atoms. The van der Waals surface area contributed by atoms with Crippen LogP contribution in [-0.2, 0) is 0 Å². The molecule has 0 fully saturated rings. The molecule has 0 aliphatic carbocycles. The fourth-order valence-electron chi connectivity index (χ4n) is 1.82.